The van der Waals surface area contributed by atoms with E-state index in [4.69, 9.17) is 14.9 Å². The quantitative estimate of drug-likeness (QED) is 0.830. The Morgan fingerprint density at radius 1 is 1.00 bits per heavy atom. The van der Waals surface area contributed by atoms with Crippen LogP contribution in [0, 0.1) is 0 Å². The van der Waals surface area contributed by atoms with E-state index in [0.29, 0.717) is 17.1 Å². The zero-order valence-electron chi connectivity index (χ0n) is 9.81. The number of hydrogen-bond donors (Lipinski definition) is 2. The van der Waals surface area contributed by atoms with Crippen LogP contribution in [0.4, 0.5) is 9.59 Å². The Morgan fingerprint density at radius 3 is 2.25 bits per heavy atom. The molecule has 0 aliphatic carbocycles. The third-order valence-electron chi connectivity index (χ3n) is 1.98. The van der Waals surface area contributed by atoms with Crippen molar-refractivity contribution in [1.82, 2.24) is 0 Å². The van der Waals surface area contributed by atoms with E-state index in [9.17, 15) is 9.59 Å². The minimum atomic E-state index is -1.54. The topological polar surface area (TPSA) is 102 Å². The highest BCUT2D eigenvalue weighted by Gasteiger charge is 2.18. The molecule has 0 bridgehead atoms. The predicted molar refractivity (Wildman–Crippen MR) is 68.1 cm³/mol. The first-order chi connectivity index (χ1) is 9.54. The zero-order valence-corrected chi connectivity index (χ0v) is 10.6. The maximum absolute atomic E-state index is 10.6. The molecule has 0 spiro atoms. The number of benzene rings is 1. The Labute approximate surface area is 116 Å². The van der Waals surface area contributed by atoms with E-state index in [2.05, 4.69) is 9.47 Å². The van der Waals surface area contributed by atoms with Crippen LogP contribution in [0.2, 0.25) is 0 Å². The molecule has 2 rings (SSSR count). The third-order valence-corrected chi connectivity index (χ3v) is 2.85. The molecule has 0 fully saturated rings. The lowest BCUT2D eigenvalue weighted by Crippen LogP contribution is -2.02. The Kier molecular flexibility index (Phi) is 4.06. The van der Waals surface area contributed by atoms with Crippen molar-refractivity contribution in [3.63, 3.8) is 0 Å². The minimum absolute atomic E-state index is 0.0554. The van der Waals surface area contributed by atoms with Gasteiger partial charge < -0.3 is 24.4 Å². The second-order valence-electron chi connectivity index (χ2n) is 3.37. The minimum Gasteiger partial charge on any atom is -0.452 e. The summed E-state index contributed by atoms with van der Waals surface area (Å²) in [4.78, 5) is 21.0. The molecule has 0 unspecified atom stereocenters. The fraction of sp³-hybridized carbons (Fsp3) is 0. The fourth-order valence-electron chi connectivity index (χ4n) is 1.31. The molecule has 0 atom stereocenters. The molecule has 0 saturated heterocycles. The Bertz CT molecular complexity index is 620. The third kappa shape index (κ3) is 3.62. The molecule has 1 aromatic heterocycles. The number of rotatable bonds is 4. The summed E-state index contributed by atoms with van der Waals surface area (Å²) < 4.78 is 14.4. The number of ether oxygens (including phenoxy) is 3. The molecular formula is C12H8O7S. The highest BCUT2D eigenvalue weighted by atomic mass is 32.1. The number of carbonyl (C=O) groups is 2. The molecule has 104 valence electrons. The van der Waals surface area contributed by atoms with Gasteiger partial charge in [-0.2, -0.15) is 0 Å². The molecule has 7 nitrogen and oxygen atoms in total. The van der Waals surface area contributed by atoms with Crippen molar-refractivity contribution in [2.75, 3.05) is 0 Å². The van der Waals surface area contributed by atoms with Gasteiger partial charge in [-0.05, 0) is 12.1 Å². The van der Waals surface area contributed by atoms with Crippen molar-refractivity contribution in [3.05, 3.63) is 36.4 Å². The maximum atomic E-state index is 10.6. The first kappa shape index (κ1) is 13.7. The van der Waals surface area contributed by atoms with E-state index < -0.39 is 12.3 Å². The van der Waals surface area contributed by atoms with Crippen LogP contribution in [0.25, 0.3) is 0 Å². The van der Waals surface area contributed by atoms with Crippen LogP contribution in [0.5, 0.6) is 21.6 Å². The smallest absolute Gasteiger partial charge is 0.452 e. The summed E-state index contributed by atoms with van der Waals surface area (Å²) >= 11 is 0.704. The van der Waals surface area contributed by atoms with Crippen LogP contribution in [0.15, 0.2) is 36.4 Å². The average molecular weight is 296 g/mol. The van der Waals surface area contributed by atoms with Gasteiger partial charge in [0.2, 0.25) is 5.06 Å². The van der Waals surface area contributed by atoms with Gasteiger partial charge in [-0.3, -0.25) is 0 Å². The lowest BCUT2D eigenvalue weighted by Gasteiger charge is -2.04. The van der Waals surface area contributed by atoms with E-state index in [1.54, 1.807) is 30.3 Å². The van der Waals surface area contributed by atoms with E-state index >= 15 is 0 Å². The SMILES string of the molecule is O=C(O)Oc1cc(Oc2ccccc2)c(OC(=O)O)s1. The maximum Gasteiger partial charge on any atom is 0.512 e. The fourth-order valence-corrected chi connectivity index (χ4v) is 2.09. The van der Waals surface area contributed by atoms with Crippen molar-refractivity contribution in [1.29, 1.82) is 0 Å². The van der Waals surface area contributed by atoms with Crippen molar-refractivity contribution in [2.45, 2.75) is 0 Å². The summed E-state index contributed by atoms with van der Waals surface area (Å²) in [5.41, 5.74) is 0. The summed E-state index contributed by atoms with van der Waals surface area (Å²) in [5.74, 6) is 0.502. The van der Waals surface area contributed by atoms with E-state index in [1.165, 1.54) is 6.07 Å². The van der Waals surface area contributed by atoms with Crippen LogP contribution in [0.3, 0.4) is 0 Å². The first-order valence-electron chi connectivity index (χ1n) is 5.23. The summed E-state index contributed by atoms with van der Waals surface area (Å²) in [6, 6.07) is 9.79. The number of carboxylic acid groups (broad SMARTS) is 2. The van der Waals surface area contributed by atoms with Gasteiger partial charge in [-0.15, -0.1) is 0 Å². The van der Waals surface area contributed by atoms with Crippen molar-refractivity contribution in [3.8, 4) is 21.6 Å². The van der Waals surface area contributed by atoms with Crippen molar-refractivity contribution in [2.24, 2.45) is 0 Å². The van der Waals surface area contributed by atoms with E-state index in [1.807, 2.05) is 0 Å². The number of para-hydroxylation sites is 1. The van der Waals surface area contributed by atoms with Gasteiger partial charge in [-0.25, -0.2) is 9.59 Å². The summed E-state index contributed by atoms with van der Waals surface area (Å²) in [5, 5.41) is 17.0. The predicted octanol–water partition coefficient (Wildman–Crippen LogP) is 3.65. The number of hydrogen-bond acceptors (Lipinski definition) is 6. The molecule has 0 saturated carbocycles. The summed E-state index contributed by atoms with van der Waals surface area (Å²) in [7, 11) is 0. The van der Waals surface area contributed by atoms with Crippen molar-refractivity contribution >= 4 is 23.6 Å². The molecular weight excluding hydrogens is 288 g/mol. The molecule has 0 amide bonds. The van der Waals surface area contributed by atoms with Gasteiger partial charge in [0.15, 0.2) is 10.8 Å². The van der Waals surface area contributed by atoms with Gasteiger partial charge >= 0.3 is 12.3 Å². The molecule has 2 N–H and O–H groups in total. The highest BCUT2D eigenvalue weighted by Crippen LogP contribution is 2.44. The van der Waals surface area contributed by atoms with Crippen LogP contribution in [-0.4, -0.2) is 22.5 Å². The van der Waals surface area contributed by atoms with Gasteiger partial charge in [0, 0.05) is 6.07 Å². The Hall–Kier alpha value is -2.74. The highest BCUT2D eigenvalue weighted by molar-refractivity contribution is 7.16. The van der Waals surface area contributed by atoms with Crippen LogP contribution in [-0.2, 0) is 0 Å². The summed E-state index contributed by atoms with van der Waals surface area (Å²) in [6.45, 7) is 0. The second kappa shape index (κ2) is 5.93. The molecule has 0 aliphatic heterocycles. The second-order valence-corrected chi connectivity index (χ2v) is 4.35. The molecule has 8 heteroatoms. The molecule has 0 aliphatic rings. The standard InChI is InChI=1S/C12H8O7S/c13-11(14)18-9-6-8(10(20-9)19-12(15)16)17-7-4-2-1-3-5-7/h1-6H,(H,13,14)(H,15,16). The number of thiophene rings is 1. The van der Waals surface area contributed by atoms with Crippen LogP contribution >= 0.6 is 11.3 Å². The van der Waals surface area contributed by atoms with Crippen LogP contribution < -0.4 is 14.2 Å². The normalized spacial score (nSPS) is 9.80. The lowest BCUT2D eigenvalue weighted by molar-refractivity contribution is 0.144. The van der Waals surface area contributed by atoms with Gasteiger partial charge in [0.05, 0.1) is 0 Å². The van der Waals surface area contributed by atoms with Gasteiger partial charge in [0.1, 0.15) is 5.75 Å². The first-order valence-corrected chi connectivity index (χ1v) is 6.04. The Balaban J connectivity index is 2.26. The molecule has 1 aromatic carbocycles. The van der Waals surface area contributed by atoms with E-state index in [-0.39, 0.29) is 15.9 Å². The molecule has 20 heavy (non-hydrogen) atoms. The lowest BCUT2D eigenvalue weighted by atomic mass is 10.3. The molecule has 0 radical (unpaired) electrons. The average Bonchev–Trinajstić information content (AvgIpc) is 2.70. The Morgan fingerprint density at radius 2 is 1.65 bits per heavy atom. The summed E-state index contributed by atoms with van der Waals surface area (Å²) in [6.07, 6.45) is -3.05. The zero-order chi connectivity index (χ0) is 14.5. The van der Waals surface area contributed by atoms with Gasteiger partial charge in [-0.1, -0.05) is 29.5 Å². The molecule has 1 heterocycles. The molecule has 2 aromatic rings. The monoisotopic (exact) mass is 296 g/mol. The van der Waals surface area contributed by atoms with Crippen LogP contribution in [0.1, 0.15) is 0 Å². The van der Waals surface area contributed by atoms with E-state index in [0.717, 1.165) is 0 Å². The largest absolute Gasteiger partial charge is 0.512 e. The van der Waals surface area contributed by atoms with Crippen molar-refractivity contribution < 1.29 is 34.0 Å². The van der Waals surface area contributed by atoms with Gasteiger partial charge in [0.25, 0.3) is 0 Å².